The van der Waals surface area contributed by atoms with Crippen molar-refractivity contribution in [1.82, 2.24) is 10.6 Å². The fourth-order valence-corrected chi connectivity index (χ4v) is 1.58. The Balaban J connectivity index is 3.24. The predicted octanol–water partition coefficient (Wildman–Crippen LogP) is 0.105. The van der Waals surface area contributed by atoms with E-state index < -0.39 is 0 Å². The first-order valence-electron chi connectivity index (χ1n) is 8.55. The second-order valence-electron chi connectivity index (χ2n) is 4.97. The Morgan fingerprint density at radius 2 is 1.25 bits per heavy atom. The quantitative estimate of drug-likeness (QED) is 0.362. The van der Waals surface area contributed by atoms with Crippen LogP contribution in [0.3, 0.4) is 0 Å². The molecule has 0 aliphatic carbocycles. The Labute approximate surface area is 144 Å². The summed E-state index contributed by atoms with van der Waals surface area (Å²) in [5.74, 6) is -0.296. The van der Waals surface area contributed by atoms with Crippen LogP contribution in [0, 0.1) is 0 Å². The molecule has 0 fully saturated rings. The molecule has 0 bridgehead atoms. The van der Waals surface area contributed by atoms with E-state index in [1.54, 1.807) is 0 Å². The van der Waals surface area contributed by atoms with E-state index in [1.807, 2.05) is 6.92 Å². The van der Waals surface area contributed by atoms with Gasteiger partial charge in [0.15, 0.2) is 0 Å². The van der Waals surface area contributed by atoms with Gasteiger partial charge in [0, 0.05) is 19.7 Å². The van der Waals surface area contributed by atoms with Crippen molar-refractivity contribution in [3.8, 4) is 0 Å². The van der Waals surface area contributed by atoms with Crippen LogP contribution in [0.4, 0.5) is 0 Å². The maximum Gasteiger partial charge on any atom is 0.246 e. The van der Waals surface area contributed by atoms with Gasteiger partial charge in [-0.25, -0.2) is 0 Å². The fraction of sp³-hybridized carbons (Fsp3) is 0.875. The van der Waals surface area contributed by atoms with E-state index in [1.165, 1.54) is 0 Å². The fourth-order valence-electron chi connectivity index (χ4n) is 1.58. The largest absolute Gasteiger partial charge is 0.379 e. The third-order valence-corrected chi connectivity index (χ3v) is 2.84. The van der Waals surface area contributed by atoms with Gasteiger partial charge in [-0.15, -0.1) is 0 Å². The lowest BCUT2D eigenvalue weighted by atomic mass is 10.3. The Kier molecular flexibility index (Phi) is 17.2. The van der Waals surface area contributed by atoms with E-state index in [9.17, 15) is 9.59 Å². The molecule has 0 aliphatic heterocycles. The molecule has 142 valence electrons. The number of ether oxygens (including phenoxy) is 4. The molecule has 0 aromatic heterocycles. The summed E-state index contributed by atoms with van der Waals surface area (Å²) in [7, 11) is 0. The van der Waals surface area contributed by atoms with Crippen molar-refractivity contribution >= 4 is 11.8 Å². The van der Waals surface area contributed by atoms with Crippen LogP contribution < -0.4 is 10.6 Å². The van der Waals surface area contributed by atoms with Crippen molar-refractivity contribution in [3.63, 3.8) is 0 Å². The molecule has 2 N–H and O–H groups in total. The van der Waals surface area contributed by atoms with Crippen molar-refractivity contribution in [2.24, 2.45) is 0 Å². The smallest absolute Gasteiger partial charge is 0.246 e. The number of carbonyl (C=O) groups excluding carboxylic acids is 2. The van der Waals surface area contributed by atoms with Crippen molar-refractivity contribution in [2.75, 3.05) is 65.9 Å². The lowest BCUT2D eigenvalue weighted by molar-refractivity contribution is -0.127. The SMILES string of the molecule is CCCCNC(=O)COCCOCCNC(=O)COCCOCC. The molecule has 0 aliphatic rings. The van der Waals surface area contributed by atoms with Gasteiger partial charge in [0.1, 0.15) is 13.2 Å². The molecule has 0 aromatic rings. The first-order chi connectivity index (χ1) is 11.7. The Morgan fingerprint density at radius 1 is 0.708 bits per heavy atom. The van der Waals surface area contributed by atoms with Gasteiger partial charge in [-0.1, -0.05) is 13.3 Å². The Morgan fingerprint density at radius 3 is 1.83 bits per heavy atom. The molecule has 0 spiro atoms. The molecule has 8 heteroatoms. The van der Waals surface area contributed by atoms with Crippen LogP contribution in [0.5, 0.6) is 0 Å². The van der Waals surface area contributed by atoms with Gasteiger partial charge in [-0.05, 0) is 13.3 Å². The average molecular weight is 348 g/mol. The van der Waals surface area contributed by atoms with E-state index in [4.69, 9.17) is 18.9 Å². The van der Waals surface area contributed by atoms with Crippen LogP contribution in [0.1, 0.15) is 26.7 Å². The van der Waals surface area contributed by atoms with Crippen LogP contribution in [0.25, 0.3) is 0 Å². The number of hydrogen-bond acceptors (Lipinski definition) is 6. The Hall–Kier alpha value is -1.22. The Bertz CT molecular complexity index is 315. The minimum Gasteiger partial charge on any atom is -0.379 e. The third kappa shape index (κ3) is 17.1. The van der Waals surface area contributed by atoms with E-state index in [-0.39, 0.29) is 25.0 Å². The van der Waals surface area contributed by atoms with Gasteiger partial charge >= 0.3 is 0 Å². The molecule has 0 aromatic carbocycles. The van der Waals surface area contributed by atoms with Gasteiger partial charge in [0.2, 0.25) is 11.8 Å². The van der Waals surface area contributed by atoms with Crippen molar-refractivity contribution in [3.05, 3.63) is 0 Å². The van der Waals surface area contributed by atoms with E-state index >= 15 is 0 Å². The molecule has 0 atom stereocenters. The normalized spacial score (nSPS) is 10.6. The molecule has 8 nitrogen and oxygen atoms in total. The highest BCUT2D eigenvalue weighted by atomic mass is 16.5. The van der Waals surface area contributed by atoms with E-state index in [0.29, 0.717) is 52.7 Å². The minimum absolute atomic E-state index is 0.0172. The molecule has 0 rings (SSSR count). The van der Waals surface area contributed by atoms with Gasteiger partial charge in [0.25, 0.3) is 0 Å². The third-order valence-electron chi connectivity index (χ3n) is 2.84. The van der Waals surface area contributed by atoms with Gasteiger partial charge in [-0.2, -0.15) is 0 Å². The zero-order valence-corrected chi connectivity index (χ0v) is 14.9. The summed E-state index contributed by atoms with van der Waals surface area (Å²) < 4.78 is 20.7. The van der Waals surface area contributed by atoms with Gasteiger partial charge in [0.05, 0.1) is 33.0 Å². The van der Waals surface area contributed by atoms with Crippen LogP contribution >= 0.6 is 0 Å². The highest BCUT2D eigenvalue weighted by Crippen LogP contribution is 1.84. The first kappa shape index (κ1) is 22.8. The molecule has 0 heterocycles. The topological polar surface area (TPSA) is 95.1 Å². The molecule has 0 saturated carbocycles. The summed E-state index contributed by atoms with van der Waals surface area (Å²) in [6.07, 6.45) is 2.02. The van der Waals surface area contributed by atoms with Crippen LogP contribution in [-0.2, 0) is 28.5 Å². The maximum atomic E-state index is 11.4. The average Bonchev–Trinajstić information content (AvgIpc) is 2.57. The van der Waals surface area contributed by atoms with Gasteiger partial charge < -0.3 is 29.6 Å². The first-order valence-corrected chi connectivity index (χ1v) is 8.55. The van der Waals surface area contributed by atoms with E-state index in [0.717, 1.165) is 12.8 Å². The van der Waals surface area contributed by atoms with Crippen LogP contribution in [-0.4, -0.2) is 77.8 Å². The van der Waals surface area contributed by atoms with Gasteiger partial charge in [-0.3, -0.25) is 9.59 Å². The molecule has 0 unspecified atom stereocenters. The monoisotopic (exact) mass is 348 g/mol. The number of amides is 2. The predicted molar refractivity (Wildman–Crippen MR) is 89.9 cm³/mol. The minimum atomic E-state index is -0.185. The van der Waals surface area contributed by atoms with Crippen molar-refractivity contribution < 1.29 is 28.5 Å². The molecular weight excluding hydrogens is 316 g/mol. The number of carbonyl (C=O) groups is 2. The number of unbranched alkanes of at least 4 members (excludes halogenated alkanes) is 1. The summed E-state index contributed by atoms with van der Waals surface area (Å²) >= 11 is 0. The lowest BCUT2D eigenvalue weighted by Gasteiger charge is -2.08. The maximum absolute atomic E-state index is 11.4. The van der Waals surface area contributed by atoms with Crippen molar-refractivity contribution in [1.29, 1.82) is 0 Å². The summed E-state index contributed by atoms with van der Waals surface area (Å²) in [6.45, 7) is 7.76. The van der Waals surface area contributed by atoms with Crippen LogP contribution in [0.15, 0.2) is 0 Å². The molecule has 2 amide bonds. The molecule has 0 saturated heterocycles. The number of hydrogen-bond donors (Lipinski definition) is 2. The van der Waals surface area contributed by atoms with E-state index in [2.05, 4.69) is 17.6 Å². The number of rotatable bonds is 17. The zero-order chi connectivity index (χ0) is 17.9. The van der Waals surface area contributed by atoms with Crippen LogP contribution in [0.2, 0.25) is 0 Å². The summed E-state index contributed by atoms with van der Waals surface area (Å²) in [6, 6.07) is 0. The summed E-state index contributed by atoms with van der Waals surface area (Å²) in [4.78, 5) is 22.7. The van der Waals surface area contributed by atoms with Crippen molar-refractivity contribution in [2.45, 2.75) is 26.7 Å². The summed E-state index contributed by atoms with van der Waals surface area (Å²) in [5.41, 5.74) is 0. The zero-order valence-electron chi connectivity index (χ0n) is 14.9. The highest BCUT2D eigenvalue weighted by molar-refractivity contribution is 5.77. The molecule has 24 heavy (non-hydrogen) atoms. The second kappa shape index (κ2) is 18.1. The highest BCUT2D eigenvalue weighted by Gasteiger charge is 2.01. The molecule has 0 radical (unpaired) electrons. The standard InChI is InChI=1S/C16H32N2O6/c1-3-5-6-17-15(19)13-24-12-10-22-8-7-18-16(20)14-23-11-9-21-4-2/h3-14H2,1-2H3,(H,17,19)(H,18,20). The number of nitrogens with one attached hydrogen (secondary N) is 2. The second-order valence-corrected chi connectivity index (χ2v) is 4.97. The lowest BCUT2D eigenvalue weighted by Crippen LogP contribution is -2.31. The summed E-state index contributed by atoms with van der Waals surface area (Å²) in [5, 5.41) is 5.44. The molecular formula is C16H32N2O6.